The summed E-state index contributed by atoms with van der Waals surface area (Å²) in [6.07, 6.45) is 2.57. The number of hydrogen-bond acceptors (Lipinski definition) is 4. The number of nitrogens with zero attached hydrogens (tertiary/aromatic N) is 4. The molecule has 21 heavy (non-hydrogen) atoms. The summed E-state index contributed by atoms with van der Waals surface area (Å²) >= 11 is 1.45. The van der Waals surface area contributed by atoms with Crippen LogP contribution in [0.3, 0.4) is 0 Å². The number of benzene rings is 1. The van der Waals surface area contributed by atoms with Gasteiger partial charge >= 0.3 is 0 Å². The van der Waals surface area contributed by atoms with Crippen LogP contribution >= 0.6 is 11.8 Å². The Hall–Kier alpha value is -1.82. The van der Waals surface area contributed by atoms with Crippen LogP contribution in [0.5, 0.6) is 0 Å². The number of thioether (sulfide) groups is 1. The highest BCUT2D eigenvalue weighted by atomic mass is 32.2. The molecular formula is C15H18N4OS. The molecule has 0 radical (unpaired) electrons. The molecule has 0 N–H and O–H groups in total. The van der Waals surface area contributed by atoms with E-state index in [2.05, 4.69) is 23.2 Å². The first-order valence-corrected chi connectivity index (χ1v) is 7.87. The number of anilines is 1. The van der Waals surface area contributed by atoms with E-state index in [1.807, 2.05) is 41.6 Å². The molecule has 2 aromatic rings. The minimum absolute atomic E-state index is 0.125. The molecule has 2 heterocycles. The third-order valence-corrected chi connectivity index (χ3v) is 4.88. The van der Waals surface area contributed by atoms with Crippen molar-refractivity contribution < 1.29 is 4.79 Å². The number of para-hydroxylation sites is 1. The normalized spacial score (nSPS) is 18.6. The van der Waals surface area contributed by atoms with E-state index in [9.17, 15) is 4.79 Å². The first kappa shape index (κ1) is 14.1. The highest BCUT2D eigenvalue weighted by molar-refractivity contribution is 8.00. The molecule has 5 nitrogen and oxygen atoms in total. The molecular weight excluding hydrogens is 284 g/mol. The summed E-state index contributed by atoms with van der Waals surface area (Å²) in [7, 11) is 1.88. The lowest BCUT2D eigenvalue weighted by molar-refractivity contribution is -0.118. The fourth-order valence-corrected chi connectivity index (χ4v) is 3.52. The molecule has 3 rings (SSSR count). The molecule has 1 aromatic carbocycles. The standard InChI is InChI=1S/C15H18N4OS/c1-10-8-12-6-4-5-7-13(12)19(10)14(20)11(2)21-15-17-16-9-18(15)3/h4-7,9-11H,8H2,1-3H3/t10-,11+/m0/s1. The van der Waals surface area contributed by atoms with E-state index in [4.69, 9.17) is 0 Å². The van der Waals surface area contributed by atoms with Crippen LogP contribution in [-0.2, 0) is 18.3 Å². The monoisotopic (exact) mass is 302 g/mol. The van der Waals surface area contributed by atoms with Gasteiger partial charge in [-0.15, -0.1) is 10.2 Å². The number of amides is 1. The third kappa shape index (κ3) is 2.55. The zero-order chi connectivity index (χ0) is 15.0. The average molecular weight is 302 g/mol. The fraction of sp³-hybridized carbons (Fsp3) is 0.400. The summed E-state index contributed by atoms with van der Waals surface area (Å²) in [5.41, 5.74) is 2.29. The van der Waals surface area contributed by atoms with Gasteiger partial charge in [0, 0.05) is 18.8 Å². The van der Waals surface area contributed by atoms with Crippen molar-refractivity contribution in [2.45, 2.75) is 36.7 Å². The predicted octanol–water partition coefficient (Wildman–Crippen LogP) is 2.27. The summed E-state index contributed by atoms with van der Waals surface area (Å²) in [6, 6.07) is 8.34. The molecule has 0 aliphatic carbocycles. The second-order valence-corrected chi connectivity index (χ2v) is 6.68. The van der Waals surface area contributed by atoms with E-state index >= 15 is 0 Å². The minimum atomic E-state index is -0.193. The maximum Gasteiger partial charge on any atom is 0.240 e. The molecule has 1 aromatic heterocycles. The Bertz CT molecular complexity index is 669. The molecule has 1 aliphatic heterocycles. The van der Waals surface area contributed by atoms with Gasteiger partial charge in [0.15, 0.2) is 5.16 Å². The minimum Gasteiger partial charge on any atom is -0.312 e. The number of aryl methyl sites for hydroxylation is 1. The van der Waals surface area contributed by atoms with E-state index < -0.39 is 0 Å². The third-order valence-electron chi connectivity index (χ3n) is 3.74. The van der Waals surface area contributed by atoms with Crippen LogP contribution in [0.1, 0.15) is 19.4 Å². The van der Waals surface area contributed by atoms with Crippen molar-refractivity contribution >= 4 is 23.4 Å². The lowest BCUT2D eigenvalue weighted by Gasteiger charge is -2.25. The first-order valence-electron chi connectivity index (χ1n) is 6.99. The van der Waals surface area contributed by atoms with Crippen molar-refractivity contribution in [1.29, 1.82) is 0 Å². The van der Waals surface area contributed by atoms with Gasteiger partial charge in [-0.3, -0.25) is 4.79 Å². The Balaban J connectivity index is 1.80. The van der Waals surface area contributed by atoms with Crippen molar-refractivity contribution in [2.75, 3.05) is 4.90 Å². The van der Waals surface area contributed by atoms with Gasteiger partial charge in [-0.1, -0.05) is 30.0 Å². The average Bonchev–Trinajstić information content (AvgIpc) is 3.01. The summed E-state index contributed by atoms with van der Waals surface area (Å²) in [4.78, 5) is 14.7. The van der Waals surface area contributed by atoms with Crippen LogP contribution in [0, 0.1) is 0 Å². The number of hydrogen-bond donors (Lipinski definition) is 0. The van der Waals surface area contributed by atoms with Crippen LogP contribution in [0.15, 0.2) is 35.7 Å². The number of carbonyl (C=O) groups is 1. The zero-order valence-corrected chi connectivity index (χ0v) is 13.2. The van der Waals surface area contributed by atoms with Crippen LogP contribution in [0.2, 0.25) is 0 Å². The highest BCUT2D eigenvalue weighted by Crippen LogP contribution is 2.34. The highest BCUT2D eigenvalue weighted by Gasteiger charge is 2.33. The smallest absolute Gasteiger partial charge is 0.240 e. The summed E-state index contributed by atoms with van der Waals surface area (Å²) in [6.45, 7) is 4.02. The molecule has 0 unspecified atom stereocenters. The van der Waals surface area contributed by atoms with Crippen LogP contribution < -0.4 is 4.90 Å². The van der Waals surface area contributed by atoms with Gasteiger partial charge in [0.2, 0.25) is 5.91 Å². The maximum atomic E-state index is 12.8. The van der Waals surface area contributed by atoms with Gasteiger partial charge < -0.3 is 9.47 Å². The van der Waals surface area contributed by atoms with E-state index in [0.717, 1.165) is 17.3 Å². The zero-order valence-electron chi connectivity index (χ0n) is 12.4. The van der Waals surface area contributed by atoms with Crippen molar-refractivity contribution in [3.63, 3.8) is 0 Å². The van der Waals surface area contributed by atoms with Gasteiger partial charge in [0.1, 0.15) is 6.33 Å². The second-order valence-electron chi connectivity index (χ2n) is 5.37. The Morgan fingerprint density at radius 3 is 2.90 bits per heavy atom. The van der Waals surface area contributed by atoms with Gasteiger partial charge in [-0.25, -0.2) is 0 Å². The fourth-order valence-electron chi connectivity index (χ4n) is 2.69. The molecule has 0 bridgehead atoms. The van der Waals surface area contributed by atoms with Gasteiger partial charge in [0.25, 0.3) is 0 Å². The second kappa shape index (κ2) is 5.52. The van der Waals surface area contributed by atoms with Crippen LogP contribution in [-0.4, -0.2) is 32.0 Å². The van der Waals surface area contributed by atoms with Gasteiger partial charge in [0.05, 0.1) is 5.25 Å². The van der Waals surface area contributed by atoms with Crippen molar-refractivity contribution in [1.82, 2.24) is 14.8 Å². The molecule has 0 spiro atoms. The quantitative estimate of drug-likeness (QED) is 0.816. The van der Waals surface area contributed by atoms with E-state index in [1.54, 1.807) is 6.33 Å². The maximum absolute atomic E-state index is 12.8. The lowest BCUT2D eigenvalue weighted by Crippen LogP contribution is -2.40. The topological polar surface area (TPSA) is 51.0 Å². The summed E-state index contributed by atoms with van der Waals surface area (Å²) in [5, 5.41) is 8.45. The Morgan fingerprint density at radius 2 is 2.19 bits per heavy atom. The molecule has 6 heteroatoms. The van der Waals surface area contributed by atoms with E-state index in [1.165, 1.54) is 17.3 Å². The van der Waals surface area contributed by atoms with E-state index in [0.29, 0.717) is 0 Å². The lowest BCUT2D eigenvalue weighted by atomic mass is 10.1. The molecule has 0 fully saturated rings. The number of aromatic nitrogens is 3. The molecule has 0 saturated carbocycles. The summed E-state index contributed by atoms with van der Waals surface area (Å²) in [5.74, 6) is 0.125. The van der Waals surface area contributed by atoms with Crippen molar-refractivity contribution in [2.24, 2.45) is 7.05 Å². The van der Waals surface area contributed by atoms with Crippen molar-refractivity contribution in [3.8, 4) is 0 Å². The predicted molar refractivity (Wildman–Crippen MR) is 83.4 cm³/mol. The first-order chi connectivity index (χ1) is 10.1. The Labute approximate surface area is 128 Å². The van der Waals surface area contributed by atoms with Crippen LogP contribution in [0.4, 0.5) is 5.69 Å². The summed E-state index contributed by atoms with van der Waals surface area (Å²) < 4.78 is 1.83. The largest absolute Gasteiger partial charge is 0.312 e. The Kier molecular flexibility index (Phi) is 3.71. The van der Waals surface area contributed by atoms with Crippen molar-refractivity contribution in [3.05, 3.63) is 36.2 Å². The van der Waals surface area contributed by atoms with Gasteiger partial charge in [-0.05, 0) is 31.9 Å². The molecule has 0 saturated heterocycles. The number of carbonyl (C=O) groups excluding carboxylic acids is 1. The van der Waals surface area contributed by atoms with Crippen LogP contribution in [0.25, 0.3) is 0 Å². The van der Waals surface area contributed by atoms with Gasteiger partial charge in [-0.2, -0.15) is 0 Å². The number of fused-ring (bicyclic) bond motifs is 1. The molecule has 110 valence electrons. The Morgan fingerprint density at radius 1 is 1.43 bits per heavy atom. The number of rotatable bonds is 3. The molecule has 1 aliphatic rings. The molecule has 2 atom stereocenters. The van der Waals surface area contributed by atoms with E-state index in [-0.39, 0.29) is 17.2 Å². The SMILES string of the molecule is C[C@@H](Sc1nncn1C)C(=O)N1c2ccccc2C[C@@H]1C. The molecule has 1 amide bonds.